The Hall–Kier alpha value is -1.10. The van der Waals surface area contributed by atoms with Crippen LogP contribution in [0.15, 0.2) is 15.0 Å². The number of amidine groups is 2. The molecular weight excluding hydrogens is 350 g/mol. The second-order valence-corrected chi connectivity index (χ2v) is 7.31. The Balaban J connectivity index is 1.63. The van der Waals surface area contributed by atoms with Crippen LogP contribution in [0.25, 0.3) is 0 Å². The normalized spacial score (nSPS) is 41.6. The van der Waals surface area contributed by atoms with E-state index in [1.165, 1.54) is 0 Å². The molecule has 9 nitrogen and oxygen atoms in total. The fourth-order valence-electron chi connectivity index (χ4n) is 4.15. The van der Waals surface area contributed by atoms with Gasteiger partial charge >= 0.3 is 0 Å². The maximum absolute atomic E-state index is 10.3. The third kappa shape index (κ3) is 2.61. The van der Waals surface area contributed by atoms with E-state index in [-0.39, 0.29) is 17.9 Å². The molecule has 25 heavy (non-hydrogen) atoms. The van der Waals surface area contributed by atoms with Crippen molar-refractivity contribution in [3.05, 3.63) is 0 Å². The summed E-state index contributed by atoms with van der Waals surface area (Å²) >= 11 is 6.15. The summed E-state index contributed by atoms with van der Waals surface area (Å²) in [5.74, 6) is 0.555. The van der Waals surface area contributed by atoms with Crippen LogP contribution in [0.5, 0.6) is 0 Å². The first-order valence-electron chi connectivity index (χ1n) is 8.53. The van der Waals surface area contributed by atoms with Crippen LogP contribution in [0.4, 0.5) is 0 Å². The van der Waals surface area contributed by atoms with E-state index in [0.29, 0.717) is 11.5 Å². The molecule has 2 fully saturated rings. The predicted octanol–water partition coefficient (Wildman–Crippen LogP) is -1.01. The molecule has 4 aliphatic rings. The fourth-order valence-corrected chi connectivity index (χ4v) is 4.37. The fraction of sp³-hybridized carbons (Fsp3) is 0.800. The largest absolute Gasteiger partial charge is 0.394 e. The second kappa shape index (κ2) is 6.26. The van der Waals surface area contributed by atoms with E-state index in [1.807, 2.05) is 0 Å². The highest BCUT2D eigenvalue weighted by atomic mass is 35.5. The summed E-state index contributed by atoms with van der Waals surface area (Å²) in [6.07, 6.45) is -0.0633. The van der Waals surface area contributed by atoms with Gasteiger partial charge in [0, 0.05) is 5.92 Å². The van der Waals surface area contributed by atoms with Gasteiger partial charge in [-0.15, -0.1) is 0 Å². The molecule has 5 N–H and O–H groups in total. The van der Waals surface area contributed by atoms with E-state index in [0.717, 1.165) is 25.7 Å². The van der Waals surface area contributed by atoms with Crippen molar-refractivity contribution in [2.24, 2.45) is 26.6 Å². The molecule has 1 saturated carbocycles. The highest BCUT2D eigenvalue weighted by Crippen LogP contribution is 2.39. The van der Waals surface area contributed by atoms with Crippen LogP contribution in [-0.4, -0.2) is 80.5 Å². The Kier molecular flexibility index (Phi) is 4.33. The molecule has 0 bridgehead atoms. The number of aliphatic imine (C=N–C) groups is 3. The lowest BCUT2D eigenvalue weighted by molar-refractivity contribution is -0.0688. The van der Waals surface area contributed by atoms with E-state index in [4.69, 9.17) is 22.1 Å². The number of aliphatic hydroxyl groups is 3. The lowest BCUT2D eigenvalue weighted by Gasteiger charge is -2.36. The molecule has 3 aliphatic heterocycles. The number of nitrogens with two attached hydrogens (primary N) is 1. The zero-order valence-corrected chi connectivity index (χ0v) is 14.4. The molecule has 0 radical (unpaired) electrons. The molecule has 0 aromatic carbocycles. The number of fused-ring (bicyclic) bond motifs is 1. The highest BCUT2D eigenvalue weighted by Gasteiger charge is 2.53. The maximum atomic E-state index is 10.3. The third-order valence-electron chi connectivity index (χ3n) is 5.52. The lowest BCUT2D eigenvalue weighted by atomic mass is 9.86. The van der Waals surface area contributed by atoms with Crippen molar-refractivity contribution in [3.63, 3.8) is 0 Å². The Bertz CT molecular complexity index is 650. The number of aliphatic hydroxyl groups excluding tert-OH is 3. The smallest absolute Gasteiger partial charge is 0.222 e. The predicted molar refractivity (Wildman–Crippen MR) is 91.5 cm³/mol. The van der Waals surface area contributed by atoms with Crippen molar-refractivity contribution in [1.82, 2.24) is 4.90 Å². The summed E-state index contributed by atoms with van der Waals surface area (Å²) in [5.41, 5.74) is 6.13. The Morgan fingerprint density at radius 3 is 2.64 bits per heavy atom. The first-order chi connectivity index (χ1) is 12.0. The Morgan fingerprint density at radius 2 is 2.00 bits per heavy atom. The van der Waals surface area contributed by atoms with E-state index in [1.54, 1.807) is 4.90 Å². The van der Waals surface area contributed by atoms with Gasteiger partial charge in [0.05, 0.1) is 6.61 Å². The van der Waals surface area contributed by atoms with Gasteiger partial charge in [-0.1, -0.05) is 12.8 Å². The molecule has 1 saturated heterocycles. The number of ether oxygens (including phenoxy) is 1. The average Bonchev–Trinajstić information content (AvgIpc) is 3.29. The SMILES string of the molecule is NC1(C2CCCC2)N=C(Cl)N=C2C1=NCN2[C@@H]1O[C@H](CO)[C@@H](O)[C@H]1O. The van der Waals surface area contributed by atoms with Gasteiger partial charge in [-0.2, -0.15) is 4.99 Å². The van der Waals surface area contributed by atoms with Crippen molar-refractivity contribution < 1.29 is 20.1 Å². The van der Waals surface area contributed by atoms with Crippen LogP contribution in [0.3, 0.4) is 0 Å². The van der Waals surface area contributed by atoms with Crippen molar-refractivity contribution in [1.29, 1.82) is 0 Å². The molecule has 10 heteroatoms. The quantitative estimate of drug-likeness (QED) is 0.469. The van der Waals surface area contributed by atoms with E-state index in [2.05, 4.69) is 15.0 Å². The van der Waals surface area contributed by atoms with Gasteiger partial charge in [0.25, 0.3) is 0 Å². The van der Waals surface area contributed by atoms with Gasteiger partial charge in [0.2, 0.25) is 5.29 Å². The molecular formula is C15H22ClN5O4. The highest BCUT2D eigenvalue weighted by molar-refractivity contribution is 6.68. The molecule has 0 amide bonds. The summed E-state index contributed by atoms with van der Waals surface area (Å²) in [5, 5.41) is 29.6. The van der Waals surface area contributed by atoms with Crippen molar-refractivity contribution in [2.75, 3.05) is 13.3 Å². The van der Waals surface area contributed by atoms with Crippen LogP contribution < -0.4 is 5.73 Å². The zero-order valence-electron chi connectivity index (χ0n) is 13.6. The average molecular weight is 372 g/mol. The molecule has 1 unspecified atom stereocenters. The molecule has 138 valence electrons. The van der Waals surface area contributed by atoms with Gasteiger partial charge in [0.15, 0.2) is 17.7 Å². The van der Waals surface area contributed by atoms with Crippen molar-refractivity contribution >= 4 is 28.4 Å². The monoisotopic (exact) mass is 371 g/mol. The number of halogens is 1. The summed E-state index contributed by atoms with van der Waals surface area (Å²) in [6.45, 7) is -0.222. The number of rotatable bonds is 3. The van der Waals surface area contributed by atoms with Crippen LogP contribution in [0.2, 0.25) is 0 Å². The minimum atomic E-state index is -1.20. The summed E-state index contributed by atoms with van der Waals surface area (Å²) < 4.78 is 5.59. The molecule has 5 atom stereocenters. The van der Waals surface area contributed by atoms with Crippen LogP contribution in [0.1, 0.15) is 25.7 Å². The Labute approximate surface area is 149 Å². The van der Waals surface area contributed by atoms with E-state index < -0.39 is 36.8 Å². The van der Waals surface area contributed by atoms with Crippen LogP contribution >= 0.6 is 11.6 Å². The maximum Gasteiger partial charge on any atom is 0.222 e. The van der Waals surface area contributed by atoms with Crippen molar-refractivity contribution in [3.8, 4) is 0 Å². The van der Waals surface area contributed by atoms with Gasteiger partial charge in [0.1, 0.15) is 30.7 Å². The van der Waals surface area contributed by atoms with Gasteiger partial charge in [-0.25, -0.2) is 4.99 Å². The summed E-state index contributed by atoms with van der Waals surface area (Å²) in [7, 11) is 0. The van der Waals surface area contributed by atoms with Gasteiger partial charge < -0.3 is 30.7 Å². The zero-order chi connectivity index (χ0) is 17.8. The van der Waals surface area contributed by atoms with Gasteiger partial charge in [-0.3, -0.25) is 4.99 Å². The van der Waals surface area contributed by atoms with Gasteiger partial charge in [-0.05, 0) is 24.4 Å². The minimum absolute atomic E-state index is 0.0435. The van der Waals surface area contributed by atoms with Crippen LogP contribution in [0, 0.1) is 5.92 Å². The second-order valence-electron chi connectivity index (χ2n) is 6.97. The minimum Gasteiger partial charge on any atom is -0.394 e. The van der Waals surface area contributed by atoms with Crippen LogP contribution in [-0.2, 0) is 4.74 Å². The van der Waals surface area contributed by atoms with Crippen molar-refractivity contribution in [2.45, 2.75) is 55.9 Å². The topological polar surface area (TPSA) is 136 Å². The Morgan fingerprint density at radius 1 is 1.28 bits per heavy atom. The standard InChI is InChI=1S/C15H22ClN5O4/c16-14-19-12-11(15(17,20-14)7-3-1-2-4-7)18-6-21(12)13-10(24)9(23)8(5-22)25-13/h7-10,13,22-24H,1-6,17H2/t8-,9-,10-,13-,15?/m1/s1. The summed E-state index contributed by atoms with van der Waals surface area (Å²) in [6, 6.07) is 0. The lowest BCUT2D eigenvalue weighted by Crippen LogP contribution is -2.59. The molecule has 0 aromatic rings. The molecule has 0 spiro atoms. The third-order valence-corrected chi connectivity index (χ3v) is 5.69. The van der Waals surface area contributed by atoms with E-state index in [9.17, 15) is 15.3 Å². The number of nitrogens with zero attached hydrogens (tertiary/aromatic N) is 4. The summed E-state index contributed by atoms with van der Waals surface area (Å²) in [4.78, 5) is 14.8. The van der Waals surface area contributed by atoms with E-state index >= 15 is 0 Å². The number of hydrogen-bond donors (Lipinski definition) is 4. The molecule has 1 aliphatic carbocycles. The molecule has 0 aromatic heterocycles. The molecule has 3 heterocycles. The first kappa shape index (κ1) is 17.3. The first-order valence-corrected chi connectivity index (χ1v) is 8.91. The number of hydrogen-bond acceptors (Lipinski definition) is 9. The molecule has 4 rings (SSSR count).